The highest BCUT2D eigenvalue weighted by molar-refractivity contribution is 7.88. The molecule has 0 spiro atoms. The summed E-state index contributed by atoms with van der Waals surface area (Å²) in [6.07, 6.45) is 1.63. The van der Waals surface area contributed by atoms with Crippen LogP contribution in [0.1, 0.15) is 36.1 Å². The van der Waals surface area contributed by atoms with Crippen LogP contribution in [0.3, 0.4) is 0 Å². The summed E-state index contributed by atoms with van der Waals surface area (Å²) in [5, 5.41) is 2.87. The van der Waals surface area contributed by atoms with Crippen LogP contribution >= 0.6 is 0 Å². The van der Waals surface area contributed by atoms with Gasteiger partial charge in [0.15, 0.2) is 0 Å². The average Bonchev–Trinajstić information content (AvgIpc) is 2.66. The number of aryl methyl sites for hydroxylation is 1. The van der Waals surface area contributed by atoms with Crippen LogP contribution in [-0.4, -0.2) is 38.5 Å². The first kappa shape index (κ1) is 22.8. The van der Waals surface area contributed by atoms with Crippen molar-refractivity contribution in [2.75, 3.05) is 19.9 Å². The fourth-order valence-electron chi connectivity index (χ4n) is 3.05. The minimum Gasteiger partial charge on any atom is -0.496 e. The van der Waals surface area contributed by atoms with Gasteiger partial charge in [-0.3, -0.25) is 4.79 Å². The number of halogens is 1. The first-order valence-electron chi connectivity index (χ1n) is 9.28. The lowest BCUT2D eigenvalue weighted by molar-refractivity contribution is -0.122. The Balaban J connectivity index is 2.14. The molecule has 1 N–H and O–H groups in total. The number of ether oxygens (including phenoxy) is 1. The second-order valence-electron chi connectivity index (χ2n) is 6.88. The normalized spacial score (nSPS) is 12.6. The van der Waals surface area contributed by atoms with E-state index >= 15 is 0 Å². The van der Waals surface area contributed by atoms with Gasteiger partial charge < -0.3 is 10.1 Å². The lowest BCUT2D eigenvalue weighted by Crippen LogP contribution is -2.41. The van der Waals surface area contributed by atoms with Gasteiger partial charge in [-0.1, -0.05) is 37.3 Å². The monoisotopic (exact) mass is 422 g/mol. The molecule has 1 unspecified atom stereocenters. The summed E-state index contributed by atoms with van der Waals surface area (Å²) in [6, 6.07) is 11.3. The number of sulfonamides is 1. The third-order valence-corrected chi connectivity index (χ3v) is 5.85. The lowest BCUT2D eigenvalue weighted by Gasteiger charge is -2.23. The number of nitrogens with one attached hydrogen (secondary N) is 1. The summed E-state index contributed by atoms with van der Waals surface area (Å²) in [7, 11) is -2.11. The van der Waals surface area contributed by atoms with Gasteiger partial charge in [-0.25, -0.2) is 12.8 Å². The Morgan fingerprint density at radius 2 is 1.93 bits per heavy atom. The van der Waals surface area contributed by atoms with Crippen LogP contribution in [0.5, 0.6) is 5.75 Å². The number of hydrogen-bond acceptors (Lipinski definition) is 4. The number of carbonyl (C=O) groups is 1. The van der Waals surface area contributed by atoms with E-state index in [-0.39, 0.29) is 18.2 Å². The van der Waals surface area contributed by atoms with Crippen LogP contribution in [0.25, 0.3) is 0 Å². The standard InChI is InChI=1S/C21H27FN2O4S/c1-5-19(16-10-11-20(28-3)15(2)12-16)23-21(25)14-24(29(4,26)27)13-17-8-6-7-9-18(17)22/h6-12,19H,5,13-14H2,1-4H3,(H,23,25). The first-order chi connectivity index (χ1) is 13.7. The van der Waals surface area contributed by atoms with Crippen molar-refractivity contribution in [3.63, 3.8) is 0 Å². The molecule has 0 radical (unpaired) electrons. The van der Waals surface area contributed by atoms with Gasteiger partial charge in [0.2, 0.25) is 15.9 Å². The van der Waals surface area contributed by atoms with Crippen LogP contribution in [0.2, 0.25) is 0 Å². The summed E-state index contributed by atoms with van der Waals surface area (Å²) >= 11 is 0. The maximum Gasteiger partial charge on any atom is 0.235 e. The Labute approximate surface area is 171 Å². The minimum absolute atomic E-state index is 0.211. The number of hydrogen-bond donors (Lipinski definition) is 1. The van der Waals surface area contributed by atoms with Gasteiger partial charge in [0, 0.05) is 12.1 Å². The summed E-state index contributed by atoms with van der Waals surface area (Å²) in [4.78, 5) is 12.6. The largest absolute Gasteiger partial charge is 0.496 e. The maximum atomic E-state index is 13.9. The molecule has 2 rings (SSSR count). The summed E-state index contributed by atoms with van der Waals surface area (Å²) in [5.41, 5.74) is 2.05. The van der Waals surface area contributed by atoms with Crippen molar-refractivity contribution in [2.45, 2.75) is 32.9 Å². The third kappa shape index (κ3) is 6.27. The zero-order chi connectivity index (χ0) is 21.6. The van der Waals surface area contributed by atoms with Crippen molar-refractivity contribution in [1.82, 2.24) is 9.62 Å². The summed E-state index contributed by atoms with van der Waals surface area (Å²) < 4.78 is 44.4. The van der Waals surface area contributed by atoms with E-state index in [1.54, 1.807) is 13.2 Å². The van der Waals surface area contributed by atoms with E-state index in [1.807, 2.05) is 32.0 Å². The Hall–Kier alpha value is -2.45. The summed E-state index contributed by atoms with van der Waals surface area (Å²) in [6.45, 7) is 3.24. The van der Waals surface area contributed by atoms with E-state index in [4.69, 9.17) is 4.74 Å². The highest BCUT2D eigenvalue weighted by Crippen LogP contribution is 2.24. The molecule has 0 fully saturated rings. The molecule has 0 aliphatic rings. The molecule has 0 bridgehead atoms. The molecule has 8 heteroatoms. The number of carbonyl (C=O) groups excluding carboxylic acids is 1. The number of nitrogens with zero attached hydrogens (tertiary/aromatic N) is 1. The topological polar surface area (TPSA) is 75.7 Å². The molecule has 1 amide bonds. The smallest absolute Gasteiger partial charge is 0.235 e. The molecule has 29 heavy (non-hydrogen) atoms. The van der Waals surface area contributed by atoms with Gasteiger partial charge >= 0.3 is 0 Å². The molecular formula is C21H27FN2O4S. The van der Waals surface area contributed by atoms with Crippen LogP contribution < -0.4 is 10.1 Å². The lowest BCUT2D eigenvalue weighted by atomic mass is 10.0. The molecular weight excluding hydrogens is 395 g/mol. The Kier molecular flexibility index (Phi) is 7.75. The van der Waals surface area contributed by atoms with Crippen molar-refractivity contribution in [3.8, 4) is 5.75 Å². The molecule has 0 aromatic heterocycles. The predicted molar refractivity (Wildman–Crippen MR) is 111 cm³/mol. The van der Waals surface area contributed by atoms with Gasteiger partial charge in [0.1, 0.15) is 11.6 Å². The molecule has 0 aliphatic carbocycles. The van der Waals surface area contributed by atoms with Crippen LogP contribution in [0.4, 0.5) is 4.39 Å². The van der Waals surface area contributed by atoms with E-state index in [0.29, 0.717) is 6.42 Å². The molecule has 2 aromatic rings. The van der Waals surface area contributed by atoms with E-state index < -0.39 is 28.3 Å². The highest BCUT2D eigenvalue weighted by atomic mass is 32.2. The second kappa shape index (κ2) is 9.84. The fourth-order valence-corrected chi connectivity index (χ4v) is 3.77. The molecule has 0 heterocycles. The zero-order valence-corrected chi connectivity index (χ0v) is 17.9. The summed E-state index contributed by atoms with van der Waals surface area (Å²) in [5.74, 6) is -0.211. The molecule has 6 nitrogen and oxygen atoms in total. The van der Waals surface area contributed by atoms with Crippen molar-refractivity contribution < 1.29 is 22.3 Å². The molecule has 158 valence electrons. The molecule has 0 aliphatic heterocycles. The quantitative estimate of drug-likeness (QED) is 0.674. The van der Waals surface area contributed by atoms with Crippen LogP contribution in [0.15, 0.2) is 42.5 Å². The van der Waals surface area contributed by atoms with Crippen molar-refractivity contribution in [3.05, 3.63) is 65.0 Å². The van der Waals surface area contributed by atoms with E-state index in [0.717, 1.165) is 27.4 Å². The number of benzene rings is 2. The van der Waals surface area contributed by atoms with Gasteiger partial charge in [-0.2, -0.15) is 4.31 Å². The Bertz CT molecular complexity index is 963. The SMILES string of the molecule is CCC(NC(=O)CN(Cc1ccccc1F)S(C)(=O)=O)c1ccc(OC)c(C)c1. The Morgan fingerprint density at radius 1 is 1.24 bits per heavy atom. The maximum absolute atomic E-state index is 13.9. The molecule has 2 aromatic carbocycles. The average molecular weight is 423 g/mol. The van der Waals surface area contributed by atoms with E-state index in [9.17, 15) is 17.6 Å². The van der Waals surface area contributed by atoms with Gasteiger partial charge in [0.25, 0.3) is 0 Å². The Morgan fingerprint density at radius 3 is 2.48 bits per heavy atom. The fraction of sp³-hybridized carbons (Fsp3) is 0.381. The molecule has 1 atom stereocenters. The van der Waals surface area contributed by atoms with Crippen LogP contribution in [0, 0.1) is 12.7 Å². The van der Waals surface area contributed by atoms with Gasteiger partial charge in [0.05, 0.1) is 26.0 Å². The number of methoxy groups -OCH3 is 1. The van der Waals surface area contributed by atoms with Crippen LogP contribution in [-0.2, 0) is 21.4 Å². The second-order valence-corrected chi connectivity index (χ2v) is 8.86. The van der Waals surface area contributed by atoms with E-state index in [1.165, 1.54) is 18.2 Å². The predicted octanol–water partition coefficient (Wildman–Crippen LogP) is 3.17. The van der Waals surface area contributed by atoms with Crippen molar-refractivity contribution in [2.24, 2.45) is 0 Å². The van der Waals surface area contributed by atoms with Crippen molar-refractivity contribution >= 4 is 15.9 Å². The zero-order valence-electron chi connectivity index (χ0n) is 17.1. The minimum atomic E-state index is -3.71. The van der Waals surface area contributed by atoms with Gasteiger partial charge in [-0.05, 0) is 36.6 Å². The molecule has 0 saturated heterocycles. The third-order valence-electron chi connectivity index (χ3n) is 4.66. The molecule has 0 saturated carbocycles. The first-order valence-corrected chi connectivity index (χ1v) is 11.1. The van der Waals surface area contributed by atoms with E-state index in [2.05, 4.69) is 5.32 Å². The number of rotatable bonds is 9. The van der Waals surface area contributed by atoms with Crippen molar-refractivity contribution in [1.29, 1.82) is 0 Å². The van der Waals surface area contributed by atoms with Gasteiger partial charge in [-0.15, -0.1) is 0 Å². The number of amides is 1. The highest BCUT2D eigenvalue weighted by Gasteiger charge is 2.23.